The van der Waals surface area contributed by atoms with Gasteiger partial charge in [-0.05, 0) is 43.7 Å². The predicted octanol–water partition coefficient (Wildman–Crippen LogP) is 4.24. The molecule has 0 bridgehead atoms. The Balaban J connectivity index is 1.79. The van der Waals surface area contributed by atoms with Crippen LogP contribution in [0.3, 0.4) is 0 Å². The molecule has 1 amide bonds. The zero-order valence-electron chi connectivity index (χ0n) is 18.9. The van der Waals surface area contributed by atoms with Crippen LogP contribution in [0.2, 0.25) is 0 Å². The van der Waals surface area contributed by atoms with Crippen molar-refractivity contribution in [3.8, 4) is 11.8 Å². The number of nitrogens with zero attached hydrogens (tertiary/aromatic N) is 6. The van der Waals surface area contributed by atoms with E-state index in [1.165, 1.54) is 34.8 Å². The minimum absolute atomic E-state index is 0.0278. The van der Waals surface area contributed by atoms with Gasteiger partial charge >= 0.3 is 6.18 Å². The molecule has 0 saturated heterocycles. The first-order valence-electron chi connectivity index (χ1n) is 10.6. The van der Waals surface area contributed by atoms with E-state index in [0.29, 0.717) is 16.7 Å². The maximum atomic E-state index is 14.0. The fourth-order valence-electron chi connectivity index (χ4n) is 4.04. The number of anilines is 1. The van der Waals surface area contributed by atoms with E-state index in [0.717, 1.165) is 6.07 Å². The average molecular weight is 490 g/mol. The third kappa shape index (κ3) is 3.67. The second-order valence-electron chi connectivity index (χ2n) is 8.12. The molecule has 0 fully saturated rings. The number of hydrogen-bond acceptors (Lipinski definition) is 6. The van der Waals surface area contributed by atoms with E-state index in [-0.39, 0.29) is 39.4 Å². The first kappa shape index (κ1) is 22.9. The smallest absolute Gasteiger partial charge is 0.384 e. The van der Waals surface area contributed by atoms with Crippen molar-refractivity contribution in [3.05, 3.63) is 76.9 Å². The lowest BCUT2D eigenvalue weighted by molar-refractivity contribution is -0.138. The number of carbonyl (C=O) groups excluding carboxylic acids is 1. The number of rotatable bonds is 3. The summed E-state index contributed by atoms with van der Waals surface area (Å²) in [4.78, 5) is 25.9. The van der Waals surface area contributed by atoms with Crippen molar-refractivity contribution in [2.24, 2.45) is 0 Å². The summed E-state index contributed by atoms with van der Waals surface area (Å²) in [5.74, 6) is -0.937. The first-order valence-corrected chi connectivity index (χ1v) is 10.6. The highest BCUT2D eigenvalue weighted by atomic mass is 19.4. The molecule has 0 aliphatic carbocycles. The highest BCUT2D eigenvalue weighted by Crippen LogP contribution is 2.38. The van der Waals surface area contributed by atoms with Gasteiger partial charge in [0.1, 0.15) is 29.3 Å². The molecule has 0 saturated carbocycles. The van der Waals surface area contributed by atoms with Gasteiger partial charge in [-0.1, -0.05) is 12.1 Å². The lowest BCUT2D eigenvalue weighted by Gasteiger charge is -2.18. The third-order valence-corrected chi connectivity index (χ3v) is 5.74. The quantitative estimate of drug-likeness (QED) is 0.389. The van der Waals surface area contributed by atoms with Crippen LogP contribution in [0.1, 0.15) is 32.7 Å². The van der Waals surface area contributed by atoms with Crippen molar-refractivity contribution in [2.45, 2.75) is 20.0 Å². The molecule has 0 unspecified atom stereocenters. The van der Waals surface area contributed by atoms with Crippen molar-refractivity contribution in [1.29, 1.82) is 5.26 Å². The Hall–Kier alpha value is -4.92. The molecule has 3 heterocycles. The standard InChI is InChI=1S/C24H17F3N8O/c1-12-10-34(11-30-12)33-23(36)14-7-16(24(25,26)27)13(2)19(8-14)35-21(29)15(9-28)20-22(35)32-18-6-4-3-5-17(18)31-20/h3-8,10-11H,29H2,1-2H3,(H,33,36). The van der Waals surface area contributed by atoms with E-state index >= 15 is 0 Å². The lowest BCUT2D eigenvalue weighted by Crippen LogP contribution is -2.23. The van der Waals surface area contributed by atoms with Gasteiger partial charge in [0.15, 0.2) is 5.65 Å². The van der Waals surface area contributed by atoms with Crippen LogP contribution in [0, 0.1) is 25.2 Å². The van der Waals surface area contributed by atoms with E-state index in [1.807, 2.05) is 6.07 Å². The maximum Gasteiger partial charge on any atom is 0.416 e. The second-order valence-corrected chi connectivity index (χ2v) is 8.12. The maximum absolute atomic E-state index is 14.0. The number of nitrogen functional groups attached to an aromatic ring is 1. The predicted molar refractivity (Wildman–Crippen MR) is 126 cm³/mol. The third-order valence-electron chi connectivity index (χ3n) is 5.74. The summed E-state index contributed by atoms with van der Waals surface area (Å²) in [6.45, 7) is 2.97. The molecule has 5 aromatic rings. The highest BCUT2D eigenvalue weighted by molar-refractivity contribution is 6.01. The molecular weight excluding hydrogens is 473 g/mol. The summed E-state index contributed by atoms with van der Waals surface area (Å²) in [5.41, 5.74) is 8.98. The zero-order valence-corrected chi connectivity index (χ0v) is 18.9. The number of carbonyl (C=O) groups is 1. The molecule has 180 valence electrons. The fourth-order valence-corrected chi connectivity index (χ4v) is 4.04. The van der Waals surface area contributed by atoms with Crippen LogP contribution in [-0.2, 0) is 6.18 Å². The number of aryl methyl sites for hydroxylation is 1. The summed E-state index contributed by atoms with van der Waals surface area (Å²) in [7, 11) is 0. The highest BCUT2D eigenvalue weighted by Gasteiger charge is 2.35. The van der Waals surface area contributed by atoms with Crippen molar-refractivity contribution in [2.75, 3.05) is 11.2 Å². The van der Waals surface area contributed by atoms with Crippen LogP contribution >= 0.6 is 0 Å². The lowest BCUT2D eigenvalue weighted by atomic mass is 10.0. The van der Waals surface area contributed by atoms with E-state index in [2.05, 4.69) is 20.4 Å². The van der Waals surface area contributed by atoms with Gasteiger partial charge in [-0.3, -0.25) is 14.8 Å². The number of nitriles is 1. The fraction of sp³-hybridized carbons (Fsp3) is 0.125. The second kappa shape index (κ2) is 8.09. The van der Waals surface area contributed by atoms with E-state index in [4.69, 9.17) is 5.73 Å². The zero-order chi connectivity index (χ0) is 25.8. The Bertz CT molecular complexity index is 1730. The number of fused-ring (bicyclic) bond motifs is 2. The van der Waals surface area contributed by atoms with Crippen molar-refractivity contribution in [3.63, 3.8) is 0 Å². The molecule has 0 aliphatic heterocycles. The summed E-state index contributed by atoms with van der Waals surface area (Å²) >= 11 is 0. The molecule has 36 heavy (non-hydrogen) atoms. The van der Waals surface area contributed by atoms with Crippen LogP contribution in [0.5, 0.6) is 0 Å². The van der Waals surface area contributed by atoms with Gasteiger partial charge in [0, 0.05) is 11.8 Å². The SMILES string of the molecule is Cc1cn(NC(=O)c2cc(-n3c(N)c(C#N)c4nc5ccccc5nc43)c(C)c(C(F)(F)F)c2)cn1. The van der Waals surface area contributed by atoms with Gasteiger partial charge in [0.25, 0.3) is 5.91 Å². The number of benzene rings is 2. The van der Waals surface area contributed by atoms with Crippen LogP contribution in [0.15, 0.2) is 48.9 Å². The molecule has 0 atom stereocenters. The Labute approximate surface area is 201 Å². The van der Waals surface area contributed by atoms with Gasteiger partial charge in [-0.25, -0.2) is 19.6 Å². The topological polar surface area (TPSA) is 127 Å². The van der Waals surface area contributed by atoms with E-state index in [9.17, 15) is 23.2 Å². The van der Waals surface area contributed by atoms with Crippen LogP contribution in [0.4, 0.5) is 19.0 Å². The van der Waals surface area contributed by atoms with Crippen LogP contribution < -0.4 is 11.2 Å². The molecule has 5 rings (SSSR count). The van der Waals surface area contributed by atoms with Crippen molar-refractivity contribution < 1.29 is 18.0 Å². The summed E-state index contributed by atoms with van der Waals surface area (Å²) < 4.78 is 44.6. The van der Waals surface area contributed by atoms with Gasteiger partial charge in [0.2, 0.25) is 0 Å². The van der Waals surface area contributed by atoms with Crippen LogP contribution in [-0.4, -0.2) is 30.1 Å². The number of halogens is 3. The molecular formula is C24H17F3N8O. The van der Waals surface area contributed by atoms with Gasteiger partial charge in [-0.2, -0.15) is 18.4 Å². The number of nitrogens with two attached hydrogens (primary N) is 1. The normalized spacial score (nSPS) is 11.7. The number of hydrogen-bond donors (Lipinski definition) is 2. The monoisotopic (exact) mass is 490 g/mol. The minimum Gasteiger partial charge on any atom is -0.384 e. The molecule has 9 nitrogen and oxygen atoms in total. The van der Waals surface area contributed by atoms with Gasteiger partial charge < -0.3 is 5.73 Å². The number of nitrogens with one attached hydrogen (secondary N) is 1. The Kier molecular flexibility index (Phi) is 5.13. The minimum atomic E-state index is -4.77. The van der Waals surface area contributed by atoms with Gasteiger partial charge in [-0.15, -0.1) is 0 Å². The average Bonchev–Trinajstić information content (AvgIpc) is 3.35. The number of amides is 1. The number of imidazole rings is 1. The molecule has 0 aliphatic rings. The van der Waals surface area contributed by atoms with Gasteiger partial charge in [0.05, 0.1) is 28.0 Å². The first-order chi connectivity index (χ1) is 17.1. The summed E-state index contributed by atoms with van der Waals surface area (Å²) in [5, 5.41) is 9.75. The Morgan fingerprint density at radius 2 is 1.83 bits per heavy atom. The number of para-hydroxylation sites is 2. The Morgan fingerprint density at radius 1 is 1.14 bits per heavy atom. The number of alkyl halides is 3. The molecule has 2 aromatic carbocycles. The van der Waals surface area contributed by atoms with Crippen LogP contribution in [0.25, 0.3) is 27.9 Å². The molecule has 12 heteroatoms. The van der Waals surface area contributed by atoms with Crippen molar-refractivity contribution in [1.82, 2.24) is 24.2 Å². The summed E-state index contributed by atoms with van der Waals surface area (Å²) in [6, 6.07) is 10.9. The molecule has 0 spiro atoms. The molecule has 3 N–H and O–H groups in total. The Morgan fingerprint density at radius 3 is 2.44 bits per heavy atom. The van der Waals surface area contributed by atoms with Crippen molar-refractivity contribution >= 4 is 33.9 Å². The molecule has 3 aromatic heterocycles. The number of aromatic nitrogens is 5. The largest absolute Gasteiger partial charge is 0.416 e. The van der Waals surface area contributed by atoms with E-state index in [1.54, 1.807) is 31.2 Å². The molecule has 0 radical (unpaired) electrons. The van der Waals surface area contributed by atoms with E-state index < -0.39 is 17.6 Å². The summed E-state index contributed by atoms with van der Waals surface area (Å²) in [6.07, 6.45) is -1.94.